The van der Waals surface area contributed by atoms with Crippen molar-refractivity contribution in [2.24, 2.45) is 11.8 Å². The second kappa shape index (κ2) is 11.7. The van der Waals surface area contributed by atoms with Gasteiger partial charge in [-0.1, -0.05) is 0 Å². The number of carboxylic acid groups (broad SMARTS) is 1. The topological polar surface area (TPSA) is 95.8 Å². The van der Waals surface area contributed by atoms with Crippen LogP contribution in [0.5, 0.6) is 5.75 Å². The van der Waals surface area contributed by atoms with Gasteiger partial charge in [-0.05, 0) is 80.4 Å². The molecule has 0 saturated carbocycles. The first-order valence-electron chi connectivity index (χ1n) is 12.0. The molecule has 1 unspecified atom stereocenters. The molecule has 1 aliphatic rings. The molecule has 3 atom stereocenters. The number of carboxylic acids is 1. The fourth-order valence-corrected chi connectivity index (χ4v) is 5.78. The third-order valence-electron chi connectivity index (χ3n) is 6.91. The van der Waals surface area contributed by atoms with Crippen molar-refractivity contribution in [3.63, 3.8) is 0 Å². The smallest absolute Gasteiger partial charge is 0.303 e. The van der Waals surface area contributed by atoms with Gasteiger partial charge in [0.1, 0.15) is 5.75 Å². The lowest BCUT2D eigenvalue weighted by Crippen LogP contribution is -2.42. The van der Waals surface area contributed by atoms with Crippen LogP contribution in [-0.4, -0.2) is 57.8 Å². The van der Waals surface area contributed by atoms with Gasteiger partial charge in [0, 0.05) is 42.5 Å². The molecule has 7 nitrogen and oxygen atoms in total. The maximum atomic E-state index is 11.6. The number of hydrogen-bond acceptors (Lipinski definition) is 7. The quantitative estimate of drug-likeness (QED) is 0.413. The van der Waals surface area contributed by atoms with E-state index in [0.717, 1.165) is 72.5 Å². The molecule has 0 radical (unpaired) electrons. The van der Waals surface area contributed by atoms with E-state index in [-0.39, 0.29) is 12.3 Å². The van der Waals surface area contributed by atoms with Crippen molar-refractivity contribution in [2.45, 2.75) is 44.6 Å². The molecule has 4 rings (SSSR count). The van der Waals surface area contributed by atoms with Crippen LogP contribution in [-0.2, 0) is 11.2 Å². The Morgan fingerprint density at radius 2 is 2.15 bits per heavy atom. The van der Waals surface area contributed by atoms with Crippen LogP contribution in [0, 0.1) is 11.8 Å². The Morgan fingerprint density at radius 3 is 2.91 bits per heavy atom. The van der Waals surface area contributed by atoms with Crippen LogP contribution in [0.2, 0.25) is 0 Å². The molecule has 0 amide bonds. The third-order valence-corrected chi connectivity index (χ3v) is 7.75. The minimum Gasteiger partial charge on any atom is -0.497 e. The predicted octanol–water partition coefficient (Wildman–Crippen LogP) is 4.56. The second-order valence-corrected chi connectivity index (χ2v) is 10.1. The van der Waals surface area contributed by atoms with Gasteiger partial charge in [0.05, 0.1) is 23.7 Å². The Hall–Kier alpha value is -2.55. The van der Waals surface area contributed by atoms with Gasteiger partial charge in [0.25, 0.3) is 0 Å². The molecule has 3 aromatic rings. The van der Waals surface area contributed by atoms with Crippen LogP contribution in [0.15, 0.2) is 42.0 Å². The molecule has 1 fully saturated rings. The number of methoxy groups -OCH3 is 1. The molecule has 3 heterocycles. The first kappa shape index (κ1) is 24.6. The highest BCUT2D eigenvalue weighted by Crippen LogP contribution is 2.34. The van der Waals surface area contributed by atoms with Crippen molar-refractivity contribution >= 4 is 28.2 Å². The number of aliphatic carboxylic acids is 1. The summed E-state index contributed by atoms with van der Waals surface area (Å²) in [7, 11) is 1.63. The van der Waals surface area contributed by atoms with Gasteiger partial charge in [-0.3, -0.25) is 9.78 Å². The summed E-state index contributed by atoms with van der Waals surface area (Å²) in [5.74, 6) is 0.390. The Balaban J connectivity index is 1.35. The summed E-state index contributed by atoms with van der Waals surface area (Å²) in [5, 5.41) is 24.6. The molecular weight excluding hydrogens is 450 g/mol. The van der Waals surface area contributed by atoms with E-state index in [1.54, 1.807) is 24.6 Å². The van der Waals surface area contributed by atoms with E-state index in [9.17, 15) is 15.0 Å². The van der Waals surface area contributed by atoms with Crippen LogP contribution in [0.1, 0.15) is 48.8 Å². The summed E-state index contributed by atoms with van der Waals surface area (Å²) in [6, 6.07) is 7.55. The molecule has 182 valence electrons. The van der Waals surface area contributed by atoms with Crippen LogP contribution >= 0.6 is 11.3 Å². The average molecular weight is 484 g/mol. The SMILES string of the molecule is COc1ccc2nccc(C(O)CC[C@@H]3CCN(CCCc4nccs4)C[C@@H]3CC(=O)O)c2c1. The number of piperidine rings is 1. The highest BCUT2D eigenvalue weighted by Gasteiger charge is 2.31. The maximum Gasteiger partial charge on any atom is 0.303 e. The fourth-order valence-electron chi connectivity index (χ4n) is 5.12. The van der Waals surface area contributed by atoms with Gasteiger partial charge in [-0.2, -0.15) is 0 Å². The van der Waals surface area contributed by atoms with E-state index < -0.39 is 12.1 Å². The Bertz CT molecular complexity index is 1080. The minimum absolute atomic E-state index is 0.104. The van der Waals surface area contributed by atoms with Gasteiger partial charge in [-0.15, -0.1) is 11.3 Å². The number of aryl methyl sites for hydroxylation is 1. The summed E-state index contributed by atoms with van der Waals surface area (Å²) >= 11 is 1.69. The lowest BCUT2D eigenvalue weighted by atomic mass is 9.79. The van der Waals surface area contributed by atoms with E-state index in [1.165, 1.54) is 0 Å². The molecule has 1 saturated heterocycles. The predicted molar refractivity (Wildman–Crippen MR) is 133 cm³/mol. The lowest BCUT2D eigenvalue weighted by molar-refractivity contribution is -0.139. The molecule has 0 bridgehead atoms. The zero-order chi connectivity index (χ0) is 23.9. The molecule has 1 aromatic carbocycles. The number of hydrogen-bond donors (Lipinski definition) is 2. The van der Waals surface area contributed by atoms with Crippen molar-refractivity contribution in [3.8, 4) is 5.75 Å². The van der Waals surface area contributed by atoms with Crippen molar-refractivity contribution in [1.29, 1.82) is 0 Å². The Kier molecular flexibility index (Phi) is 8.48. The molecule has 2 N–H and O–H groups in total. The average Bonchev–Trinajstić information content (AvgIpc) is 3.36. The van der Waals surface area contributed by atoms with Crippen LogP contribution in [0.3, 0.4) is 0 Å². The van der Waals surface area contributed by atoms with Crippen molar-refractivity contribution in [3.05, 3.63) is 52.6 Å². The molecule has 1 aliphatic heterocycles. The van der Waals surface area contributed by atoms with Gasteiger partial charge in [0.2, 0.25) is 0 Å². The molecule has 0 spiro atoms. The minimum atomic E-state index is -0.743. The summed E-state index contributed by atoms with van der Waals surface area (Å²) in [5.41, 5.74) is 1.67. The van der Waals surface area contributed by atoms with Crippen LogP contribution in [0.25, 0.3) is 10.9 Å². The molecule has 0 aliphatic carbocycles. The van der Waals surface area contributed by atoms with E-state index in [4.69, 9.17) is 4.74 Å². The molecular formula is C26H33N3O4S. The van der Waals surface area contributed by atoms with E-state index in [1.807, 2.05) is 35.8 Å². The highest BCUT2D eigenvalue weighted by molar-refractivity contribution is 7.09. The number of nitrogens with zero attached hydrogens (tertiary/aromatic N) is 3. The standard InChI is InChI=1S/C26H33N3O4S/c1-33-20-5-6-23-22(16-20)21(8-10-27-23)24(30)7-4-18-9-13-29(17-19(18)15-26(31)32)12-2-3-25-28-11-14-34-25/h5-6,8,10-11,14,16,18-19,24,30H,2-4,7,9,12-13,15,17H2,1H3,(H,31,32)/t18-,19+,24?/m1/s1. The maximum absolute atomic E-state index is 11.6. The Morgan fingerprint density at radius 1 is 1.26 bits per heavy atom. The number of aliphatic hydroxyl groups excluding tert-OH is 1. The molecule has 2 aromatic heterocycles. The number of fused-ring (bicyclic) bond motifs is 1. The number of benzene rings is 1. The zero-order valence-corrected chi connectivity index (χ0v) is 20.4. The third kappa shape index (κ3) is 6.31. The van der Waals surface area contributed by atoms with Crippen LogP contribution in [0.4, 0.5) is 0 Å². The van der Waals surface area contributed by atoms with Gasteiger partial charge in [-0.25, -0.2) is 4.98 Å². The monoisotopic (exact) mass is 483 g/mol. The Labute approximate surface area is 204 Å². The van der Waals surface area contributed by atoms with Gasteiger partial charge >= 0.3 is 5.97 Å². The van der Waals surface area contributed by atoms with Crippen LogP contribution < -0.4 is 4.74 Å². The largest absolute Gasteiger partial charge is 0.497 e. The van der Waals surface area contributed by atoms with Gasteiger partial charge in [0.15, 0.2) is 0 Å². The van der Waals surface area contributed by atoms with Gasteiger partial charge < -0.3 is 19.8 Å². The number of thiazole rings is 1. The summed E-state index contributed by atoms with van der Waals surface area (Å²) in [6.45, 7) is 2.75. The van der Waals surface area contributed by atoms with Crippen molar-refractivity contribution in [1.82, 2.24) is 14.9 Å². The molecule has 34 heavy (non-hydrogen) atoms. The summed E-state index contributed by atoms with van der Waals surface area (Å²) < 4.78 is 5.35. The highest BCUT2D eigenvalue weighted by atomic mass is 32.1. The first-order valence-corrected chi connectivity index (χ1v) is 12.8. The number of rotatable bonds is 11. The second-order valence-electron chi connectivity index (χ2n) is 9.11. The number of likely N-dealkylation sites (tertiary alicyclic amines) is 1. The first-order chi connectivity index (χ1) is 16.5. The molecule has 8 heteroatoms. The zero-order valence-electron chi connectivity index (χ0n) is 19.6. The number of pyridine rings is 1. The number of carbonyl (C=O) groups is 1. The number of ether oxygens (including phenoxy) is 1. The summed E-state index contributed by atoms with van der Waals surface area (Å²) in [6.07, 6.45) is 7.50. The fraction of sp³-hybridized carbons (Fsp3) is 0.500. The van der Waals surface area contributed by atoms with Crippen molar-refractivity contribution < 1.29 is 19.7 Å². The van der Waals surface area contributed by atoms with E-state index >= 15 is 0 Å². The lowest BCUT2D eigenvalue weighted by Gasteiger charge is -2.38. The van der Waals surface area contributed by atoms with Crippen molar-refractivity contribution in [2.75, 3.05) is 26.7 Å². The number of aromatic nitrogens is 2. The normalized spacial score (nSPS) is 19.8. The van der Waals surface area contributed by atoms with E-state index in [0.29, 0.717) is 12.3 Å². The number of aliphatic hydroxyl groups is 1. The summed E-state index contributed by atoms with van der Waals surface area (Å²) in [4.78, 5) is 22.7. The van der Waals surface area contributed by atoms with E-state index in [2.05, 4.69) is 14.9 Å².